The zero-order valence-electron chi connectivity index (χ0n) is 14.1. The minimum absolute atomic E-state index is 0.0546. The highest BCUT2D eigenvalue weighted by molar-refractivity contribution is 5.93. The van der Waals surface area contributed by atoms with Gasteiger partial charge in [-0.05, 0) is 24.1 Å². The van der Waals surface area contributed by atoms with E-state index in [1.165, 1.54) is 0 Å². The van der Waals surface area contributed by atoms with Crippen LogP contribution in [0.2, 0.25) is 0 Å². The highest BCUT2D eigenvalue weighted by Gasteiger charge is 2.19. The first-order chi connectivity index (χ1) is 12.2. The van der Waals surface area contributed by atoms with Crippen molar-refractivity contribution in [3.63, 3.8) is 0 Å². The molecule has 0 unspecified atom stereocenters. The number of benzene rings is 2. The van der Waals surface area contributed by atoms with Crippen molar-refractivity contribution in [3.8, 4) is 0 Å². The fraction of sp³-hybridized carbons (Fsp3) is 0.190. The van der Waals surface area contributed by atoms with Gasteiger partial charge in [-0.2, -0.15) is 0 Å². The predicted octanol–water partition coefficient (Wildman–Crippen LogP) is 3.64. The molecule has 0 aliphatic rings. The Morgan fingerprint density at radius 3 is 2.08 bits per heavy atom. The Morgan fingerprint density at radius 1 is 1.04 bits per heavy atom. The van der Waals surface area contributed by atoms with E-state index in [1.54, 1.807) is 13.0 Å². The molecule has 0 fully saturated rings. The summed E-state index contributed by atoms with van der Waals surface area (Å²) in [4.78, 5) is 12.5. The number of aliphatic hydroxyl groups excluding tert-OH is 1. The van der Waals surface area contributed by atoms with E-state index in [-0.39, 0.29) is 24.2 Å². The highest BCUT2D eigenvalue weighted by atomic mass is 16.4. The Balaban J connectivity index is 1.79. The summed E-state index contributed by atoms with van der Waals surface area (Å²) in [5.41, 5.74) is 3.00. The van der Waals surface area contributed by atoms with Gasteiger partial charge in [0.25, 0.3) is 5.91 Å². The molecular weight excluding hydrogens is 314 g/mol. The van der Waals surface area contributed by atoms with Gasteiger partial charge in [-0.15, -0.1) is 0 Å². The van der Waals surface area contributed by atoms with E-state index in [4.69, 9.17) is 9.52 Å². The standard InChI is InChI=1S/C21H21NO3/c1-15-12-18(14-23)25-20(15)21(24)22-13-19(16-8-4-2-5-9-16)17-10-6-3-7-11-17/h2-12,19,23H,13-14H2,1H3,(H,22,24). The molecule has 0 saturated carbocycles. The van der Waals surface area contributed by atoms with Crippen molar-refractivity contribution in [2.75, 3.05) is 6.54 Å². The Kier molecular flexibility index (Phi) is 5.31. The molecule has 1 amide bonds. The van der Waals surface area contributed by atoms with E-state index in [0.29, 0.717) is 12.3 Å². The number of nitrogens with one attached hydrogen (secondary N) is 1. The lowest BCUT2D eigenvalue weighted by Crippen LogP contribution is -2.29. The fourth-order valence-electron chi connectivity index (χ4n) is 2.93. The van der Waals surface area contributed by atoms with Crippen LogP contribution < -0.4 is 5.32 Å². The Labute approximate surface area is 147 Å². The molecule has 4 nitrogen and oxygen atoms in total. The Morgan fingerprint density at radius 2 is 1.60 bits per heavy atom. The summed E-state index contributed by atoms with van der Waals surface area (Å²) in [5, 5.41) is 12.1. The third-order valence-electron chi connectivity index (χ3n) is 4.20. The van der Waals surface area contributed by atoms with Gasteiger partial charge >= 0.3 is 0 Å². The number of hydrogen-bond donors (Lipinski definition) is 2. The number of furan rings is 1. The van der Waals surface area contributed by atoms with Crippen LogP contribution in [0.1, 0.15) is 38.9 Å². The smallest absolute Gasteiger partial charge is 0.287 e. The first-order valence-electron chi connectivity index (χ1n) is 8.27. The molecule has 3 aromatic rings. The molecule has 0 aliphatic heterocycles. The van der Waals surface area contributed by atoms with Gasteiger partial charge in [0.1, 0.15) is 12.4 Å². The maximum absolute atomic E-state index is 12.5. The van der Waals surface area contributed by atoms with Gasteiger partial charge in [-0.1, -0.05) is 60.7 Å². The summed E-state index contributed by atoms with van der Waals surface area (Å²) >= 11 is 0. The molecule has 0 atom stereocenters. The minimum Gasteiger partial charge on any atom is -0.453 e. The van der Waals surface area contributed by atoms with Crippen LogP contribution in [-0.2, 0) is 6.61 Å². The number of carbonyl (C=O) groups excluding carboxylic acids is 1. The van der Waals surface area contributed by atoms with Gasteiger partial charge in [0.05, 0.1) is 0 Å². The molecule has 3 rings (SSSR count). The van der Waals surface area contributed by atoms with Crippen molar-refractivity contribution in [1.82, 2.24) is 5.32 Å². The highest BCUT2D eigenvalue weighted by Crippen LogP contribution is 2.24. The quantitative estimate of drug-likeness (QED) is 0.723. The van der Waals surface area contributed by atoms with Gasteiger partial charge in [-0.25, -0.2) is 0 Å². The number of carbonyl (C=O) groups is 1. The van der Waals surface area contributed by atoms with Gasteiger partial charge in [0, 0.05) is 18.0 Å². The van der Waals surface area contributed by atoms with Crippen LogP contribution in [0.15, 0.2) is 71.1 Å². The Bertz CT molecular complexity index is 785. The lowest BCUT2D eigenvalue weighted by atomic mass is 9.91. The van der Waals surface area contributed by atoms with Crippen LogP contribution in [0.4, 0.5) is 0 Å². The van der Waals surface area contributed by atoms with E-state index in [9.17, 15) is 4.79 Å². The van der Waals surface area contributed by atoms with Crippen LogP contribution in [0.25, 0.3) is 0 Å². The van der Waals surface area contributed by atoms with E-state index in [0.717, 1.165) is 16.7 Å². The molecule has 2 aromatic carbocycles. The first kappa shape index (κ1) is 17.0. The van der Waals surface area contributed by atoms with Crippen LogP contribution in [0, 0.1) is 6.92 Å². The lowest BCUT2D eigenvalue weighted by molar-refractivity contribution is 0.0919. The monoisotopic (exact) mass is 335 g/mol. The molecular formula is C21H21NO3. The molecule has 1 aromatic heterocycles. The molecule has 4 heteroatoms. The fourth-order valence-corrected chi connectivity index (χ4v) is 2.93. The van der Waals surface area contributed by atoms with Gasteiger partial charge in [-0.3, -0.25) is 4.79 Å². The lowest BCUT2D eigenvalue weighted by Gasteiger charge is -2.18. The molecule has 0 bridgehead atoms. The maximum Gasteiger partial charge on any atom is 0.287 e. The van der Waals surface area contributed by atoms with Gasteiger partial charge in [0.15, 0.2) is 5.76 Å². The molecule has 25 heavy (non-hydrogen) atoms. The molecule has 128 valence electrons. The summed E-state index contributed by atoms with van der Waals surface area (Å²) in [5.74, 6) is 0.433. The number of amides is 1. The molecule has 0 saturated heterocycles. The summed E-state index contributed by atoms with van der Waals surface area (Å²) in [6.07, 6.45) is 0. The molecule has 2 N–H and O–H groups in total. The molecule has 0 aliphatic carbocycles. The zero-order chi connectivity index (χ0) is 17.6. The summed E-state index contributed by atoms with van der Waals surface area (Å²) in [7, 11) is 0. The number of hydrogen-bond acceptors (Lipinski definition) is 3. The van der Waals surface area contributed by atoms with Crippen molar-refractivity contribution < 1.29 is 14.3 Å². The normalized spacial score (nSPS) is 10.8. The predicted molar refractivity (Wildman–Crippen MR) is 96.4 cm³/mol. The van der Waals surface area contributed by atoms with Gasteiger partial charge in [0.2, 0.25) is 0 Å². The van der Waals surface area contributed by atoms with Crippen molar-refractivity contribution in [2.45, 2.75) is 19.4 Å². The van der Waals surface area contributed by atoms with E-state index in [2.05, 4.69) is 29.6 Å². The maximum atomic E-state index is 12.5. The summed E-state index contributed by atoms with van der Waals surface area (Å²) < 4.78 is 5.41. The van der Waals surface area contributed by atoms with Gasteiger partial charge < -0.3 is 14.8 Å². The van der Waals surface area contributed by atoms with Crippen molar-refractivity contribution in [2.24, 2.45) is 0 Å². The van der Waals surface area contributed by atoms with Crippen LogP contribution in [-0.4, -0.2) is 17.6 Å². The van der Waals surface area contributed by atoms with Crippen LogP contribution in [0.3, 0.4) is 0 Å². The van der Waals surface area contributed by atoms with Crippen LogP contribution in [0.5, 0.6) is 0 Å². The third-order valence-corrected chi connectivity index (χ3v) is 4.20. The number of aliphatic hydroxyl groups is 1. The van der Waals surface area contributed by atoms with Crippen LogP contribution >= 0.6 is 0 Å². The summed E-state index contributed by atoms with van der Waals surface area (Å²) in [6, 6.07) is 21.9. The average molecular weight is 335 g/mol. The topological polar surface area (TPSA) is 62.5 Å². The minimum atomic E-state index is -0.269. The zero-order valence-corrected chi connectivity index (χ0v) is 14.1. The second-order valence-electron chi connectivity index (χ2n) is 5.97. The third kappa shape index (κ3) is 3.98. The van der Waals surface area contributed by atoms with E-state index >= 15 is 0 Å². The van der Waals surface area contributed by atoms with Crippen molar-refractivity contribution in [3.05, 3.63) is 94.9 Å². The first-order valence-corrected chi connectivity index (χ1v) is 8.27. The SMILES string of the molecule is Cc1cc(CO)oc1C(=O)NCC(c1ccccc1)c1ccccc1. The number of aryl methyl sites for hydroxylation is 1. The van der Waals surface area contributed by atoms with Crippen molar-refractivity contribution in [1.29, 1.82) is 0 Å². The average Bonchev–Trinajstić information content (AvgIpc) is 3.04. The molecule has 1 heterocycles. The van der Waals surface area contributed by atoms with E-state index < -0.39 is 0 Å². The van der Waals surface area contributed by atoms with E-state index in [1.807, 2.05) is 36.4 Å². The summed E-state index contributed by atoms with van der Waals surface area (Å²) in [6.45, 7) is 2.04. The molecule has 0 radical (unpaired) electrons. The second kappa shape index (κ2) is 7.81. The Hall–Kier alpha value is -2.85. The number of rotatable bonds is 6. The van der Waals surface area contributed by atoms with Crippen molar-refractivity contribution >= 4 is 5.91 Å². The second-order valence-corrected chi connectivity index (χ2v) is 5.97. The molecule has 0 spiro atoms. The largest absolute Gasteiger partial charge is 0.453 e.